The number of ether oxygens (including phenoxy) is 1. The number of carbonyl (C=O) groups is 1. The largest absolute Gasteiger partial charge is 0.433 e. The standard InChI is InChI=1S/C13H19F2NO3S/c1-4-8(2)13(3,18)7-16-11(17)10-9(5-6-20-10)19-12(14)15/h5-6,8,12,18H,4,7H2,1-3H3,(H,16,17). The van der Waals surface area contributed by atoms with Gasteiger partial charge in [-0.05, 0) is 24.3 Å². The molecule has 1 aromatic heterocycles. The summed E-state index contributed by atoms with van der Waals surface area (Å²) in [5.41, 5.74) is -1.05. The van der Waals surface area contributed by atoms with Crippen LogP contribution in [0.3, 0.4) is 0 Å². The van der Waals surface area contributed by atoms with Crippen molar-refractivity contribution in [3.8, 4) is 5.75 Å². The van der Waals surface area contributed by atoms with Crippen molar-refractivity contribution in [3.63, 3.8) is 0 Å². The van der Waals surface area contributed by atoms with Crippen molar-refractivity contribution in [2.75, 3.05) is 6.54 Å². The summed E-state index contributed by atoms with van der Waals surface area (Å²) in [6.45, 7) is 2.52. The fourth-order valence-electron chi connectivity index (χ4n) is 1.61. The highest BCUT2D eigenvalue weighted by molar-refractivity contribution is 7.12. The Labute approximate surface area is 120 Å². The minimum absolute atomic E-state index is 0.00270. The zero-order valence-corrected chi connectivity index (χ0v) is 12.5. The summed E-state index contributed by atoms with van der Waals surface area (Å²) in [4.78, 5) is 12.0. The Bertz CT molecular complexity index is 449. The van der Waals surface area contributed by atoms with E-state index in [0.717, 1.165) is 17.8 Å². The van der Waals surface area contributed by atoms with Crippen LogP contribution >= 0.6 is 11.3 Å². The third kappa shape index (κ3) is 4.42. The van der Waals surface area contributed by atoms with E-state index in [0.29, 0.717) is 0 Å². The average molecular weight is 307 g/mol. The SMILES string of the molecule is CCC(C)C(C)(O)CNC(=O)c1sccc1OC(F)F. The second kappa shape index (κ2) is 6.99. The highest BCUT2D eigenvalue weighted by Gasteiger charge is 2.28. The maximum absolute atomic E-state index is 12.2. The molecule has 0 fully saturated rings. The quantitative estimate of drug-likeness (QED) is 0.814. The monoisotopic (exact) mass is 307 g/mol. The Morgan fingerprint density at radius 1 is 1.60 bits per heavy atom. The molecule has 0 spiro atoms. The van der Waals surface area contributed by atoms with Crippen molar-refractivity contribution in [2.45, 2.75) is 39.4 Å². The van der Waals surface area contributed by atoms with Gasteiger partial charge in [-0.1, -0.05) is 20.3 Å². The lowest BCUT2D eigenvalue weighted by Crippen LogP contribution is -2.45. The Morgan fingerprint density at radius 3 is 2.80 bits per heavy atom. The van der Waals surface area contributed by atoms with Crippen molar-refractivity contribution in [1.82, 2.24) is 5.32 Å². The number of nitrogens with one attached hydrogen (secondary N) is 1. The van der Waals surface area contributed by atoms with Crippen LogP contribution in [0.2, 0.25) is 0 Å². The van der Waals surface area contributed by atoms with Gasteiger partial charge in [0.2, 0.25) is 0 Å². The third-order valence-electron chi connectivity index (χ3n) is 3.33. The summed E-state index contributed by atoms with van der Waals surface area (Å²) in [5.74, 6) is -0.673. The summed E-state index contributed by atoms with van der Waals surface area (Å²) in [6.07, 6.45) is 0.765. The maximum atomic E-state index is 12.2. The van der Waals surface area contributed by atoms with E-state index >= 15 is 0 Å². The van der Waals surface area contributed by atoms with Crippen LogP contribution in [0.1, 0.15) is 36.9 Å². The third-order valence-corrected chi connectivity index (χ3v) is 4.23. The molecule has 1 rings (SSSR count). The molecule has 0 bridgehead atoms. The number of rotatable bonds is 7. The van der Waals surface area contributed by atoms with E-state index in [1.54, 1.807) is 6.92 Å². The normalized spacial score (nSPS) is 15.8. The number of thiophene rings is 1. The molecule has 1 heterocycles. The van der Waals surface area contributed by atoms with Crippen LogP contribution in [-0.2, 0) is 0 Å². The van der Waals surface area contributed by atoms with Gasteiger partial charge in [0.15, 0.2) is 0 Å². The Morgan fingerprint density at radius 2 is 2.25 bits per heavy atom. The molecule has 2 atom stereocenters. The first-order chi connectivity index (χ1) is 9.27. The second-order valence-electron chi connectivity index (χ2n) is 4.84. The number of hydrogen-bond acceptors (Lipinski definition) is 4. The van der Waals surface area contributed by atoms with Crippen LogP contribution < -0.4 is 10.1 Å². The van der Waals surface area contributed by atoms with Crippen molar-refractivity contribution in [2.24, 2.45) is 5.92 Å². The van der Waals surface area contributed by atoms with E-state index < -0.39 is 18.1 Å². The predicted molar refractivity (Wildman–Crippen MR) is 73.4 cm³/mol. The summed E-state index contributed by atoms with van der Waals surface area (Å²) in [5, 5.41) is 14.2. The van der Waals surface area contributed by atoms with Gasteiger partial charge in [0.25, 0.3) is 5.91 Å². The molecule has 1 amide bonds. The fourth-order valence-corrected chi connectivity index (χ4v) is 2.34. The molecule has 0 saturated heterocycles. The number of carbonyl (C=O) groups excluding carboxylic acids is 1. The predicted octanol–water partition coefficient (Wildman–Crippen LogP) is 2.88. The molecule has 0 aliphatic heterocycles. The zero-order chi connectivity index (χ0) is 15.3. The molecule has 0 aliphatic rings. The average Bonchev–Trinajstić information content (AvgIpc) is 2.82. The van der Waals surface area contributed by atoms with Gasteiger partial charge in [0.05, 0.1) is 5.60 Å². The van der Waals surface area contributed by atoms with Gasteiger partial charge in [0, 0.05) is 6.54 Å². The van der Waals surface area contributed by atoms with Crippen LogP contribution in [0.25, 0.3) is 0 Å². The van der Waals surface area contributed by atoms with Crippen LogP contribution in [0, 0.1) is 5.92 Å². The maximum Gasteiger partial charge on any atom is 0.387 e. The van der Waals surface area contributed by atoms with Gasteiger partial charge in [0.1, 0.15) is 10.6 Å². The number of hydrogen-bond donors (Lipinski definition) is 2. The lowest BCUT2D eigenvalue weighted by molar-refractivity contribution is -0.0499. The number of amides is 1. The first kappa shape index (κ1) is 16.8. The Kier molecular flexibility index (Phi) is 5.88. The van der Waals surface area contributed by atoms with Gasteiger partial charge >= 0.3 is 6.61 Å². The summed E-state index contributed by atoms with van der Waals surface area (Å²) in [6, 6.07) is 1.32. The Balaban J connectivity index is 2.66. The van der Waals surface area contributed by atoms with Crippen molar-refractivity contribution >= 4 is 17.2 Å². The minimum atomic E-state index is -2.97. The second-order valence-corrected chi connectivity index (χ2v) is 5.76. The highest BCUT2D eigenvalue weighted by Crippen LogP contribution is 2.26. The van der Waals surface area contributed by atoms with Gasteiger partial charge in [-0.25, -0.2) is 0 Å². The van der Waals surface area contributed by atoms with Crippen LogP contribution in [-0.4, -0.2) is 29.8 Å². The van der Waals surface area contributed by atoms with Crippen LogP contribution in [0.5, 0.6) is 5.75 Å². The van der Waals surface area contributed by atoms with E-state index in [9.17, 15) is 18.7 Å². The first-order valence-electron chi connectivity index (χ1n) is 6.30. The lowest BCUT2D eigenvalue weighted by atomic mass is 9.88. The highest BCUT2D eigenvalue weighted by atomic mass is 32.1. The summed E-state index contributed by atoms with van der Waals surface area (Å²) >= 11 is 1.01. The van der Waals surface area contributed by atoms with Crippen LogP contribution in [0.4, 0.5) is 8.78 Å². The molecule has 0 aliphatic carbocycles. The molecule has 114 valence electrons. The molecule has 0 aromatic carbocycles. The zero-order valence-electron chi connectivity index (χ0n) is 11.7. The smallest absolute Gasteiger partial charge is 0.387 e. The topological polar surface area (TPSA) is 58.6 Å². The van der Waals surface area contributed by atoms with E-state index in [-0.39, 0.29) is 23.1 Å². The molecule has 2 unspecified atom stereocenters. The molecule has 0 saturated carbocycles. The van der Waals surface area contributed by atoms with E-state index in [1.165, 1.54) is 11.4 Å². The van der Waals surface area contributed by atoms with E-state index in [1.807, 2.05) is 13.8 Å². The van der Waals surface area contributed by atoms with Gasteiger partial charge < -0.3 is 15.2 Å². The molecule has 0 radical (unpaired) electrons. The molecule has 20 heavy (non-hydrogen) atoms. The fraction of sp³-hybridized carbons (Fsp3) is 0.615. The van der Waals surface area contributed by atoms with Gasteiger partial charge in [-0.3, -0.25) is 4.79 Å². The van der Waals surface area contributed by atoms with Crippen molar-refractivity contribution in [1.29, 1.82) is 0 Å². The van der Waals surface area contributed by atoms with Crippen molar-refractivity contribution in [3.05, 3.63) is 16.3 Å². The van der Waals surface area contributed by atoms with E-state index in [4.69, 9.17) is 0 Å². The summed E-state index contributed by atoms with van der Waals surface area (Å²) < 4.78 is 28.6. The van der Waals surface area contributed by atoms with Gasteiger partial charge in [-0.15, -0.1) is 11.3 Å². The number of halogens is 2. The summed E-state index contributed by atoms with van der Waals surface area (Å²) in [7, 11) is 0. The first-order valence-corrected chi connectivity index (χ1v) is 7.18. The minimum Gasteiger partial charge on any atom is -0.433 e. The molecule has 1 aromatic rings. The molecule has 4 nitrogen and oxygen atoms in total. The van der Waals surface area contributed by atoms with E-state index in [2.05, 4.69) is 10.1 Å². The number of alkyl halides is 2. The van der Waals surface area contributed by atoms with Crippen molar-refractivity contribution < 1.29 is 23.4 Å². The molecular formula is C13H19F2NO3S. The molecule has 2 N–H and O–H groups in total. The molecule has 7 heteroatoms. The molecular weight excluding hydrogens is 288 g/mol. The Hall–Kier alpha value is -1.21. The van der Waals surface area contributed by atoms with Gasteiger partial charge in [-0.2, -0.15) is 8.78 Å². The number of aliphatic hydroxyl groups is 1. The van der Waals surface area contributed by atoms with Crippen LogP contribution in [0.15, 0.2) is 11.4 Å². The lowest BCUT2D eigenvalue weighted by Gasteiger charge is -2.29.